The fourth-order valence-corrected chi connectivity index (χ4v) is 2.15. The molecule has 2 N–H and O–H groups in total. The zero-order chi connectivity index (χ0) is 9.68. The van der Waals surface area contributed by atoms with Crippen molar-refractivity contribution in [2.45, 2.75) is 26.3 Å². The largest absolute Gasteiger partial charge is 0.329 e. The summed E-state index contributed by atoms with van der Waals surface area (Å²) in [7, 11) is 0. The molecule has 78 valence electrons. The van der Waals surface area contributed by atoms with E-state index in [4.69, 9.17) is 5.73 Å². The summed E-state index contributed by atoms with van der Waals surface area (Å²) < 4.78 is 0. The van der Waals surface area contributed by atoms with Crippen molar-refractivity contribution in [3.8, 4) is 0 Å². The monoisotopic (exact) mass is 185 g/mol. The normalized spacial score (nSPS) is 26.5. The molecule has 3 heteroatoms. The van der Waals surface area contributed by atoms with Crippen LogP contribution in [-0.2, 0) is 0 Å². The molecule has 3 nitrogen and oxygen atoms in total. The lowest BCUT2D eigenvalue weighted by atomic mass is 10.1. The molecule has 1 atom stereocenters. The third kappa shape index (κ3) is 2.93. The zero-order valence-electron chi connectivity index (χ0n) is 9.00. The molecule has 0 saturated carbocycles. The van der Waals surface area contributed by atoms with Crippen LogP contribution >= 0.6 is 0 Å². The Hall–Kier alpha value is -0.120. The predicted octanol–water partition coefficient (Wildman–Crippen LogP) is 0.361. The van der Waals surface area contributed by atoms with Crippen molar-refractivity contribution >= 4 is 0 Å². The van der Waals surface area contributed by atoms with Crippen molar-refractivity contribution in [2.24, 2.45) is 5.73 Å². The third-order valence-corrected chi connectivity index (χ3v) is 3.01. The summed E-state index contributed by atoms with van der Waals surface area (Å²) >= 11 is 0. The Balaban J connectivity index is 2.38. The van der Waals surface area contributed by atoms with Crippen LogP contribution in [0.25, 0.3) is 0 Å². The van der Waals surface area contributed by atoms with Crippen LogP contribution in [0, 0.1) is 0 Å². The minimum absolute atomic E-state index is 0.755. The molecule has 1 heterocycles. The molecule has 0 aromatic carbocycles. The quantitative estimate of drug-likeness (QED) is 0.686. The number of rotatable bonds is 4. The van der Waals surface area contributed by atoms with E-state index < -0.39 is 0 Å². The molecule has 0 radical (unpaired) electrons. The molecule has 0 aromatic heterocycles. The summed E-state index contributed by atoms with van der Waals surface area (Å²) in [6.45, 7) is 11.2. The van der Waals surface area contributed by atoms with Crippen LogP contribution in [0.1, 0.15) is 20.3 Å². The average molecular weight is 185 g/mol. The Labute approximate surface area is 81.9 Å². The minimum Gasteiger partial charge on any atom is -0.329 e. The lowest BCUT2D eigenvalue weighted by molar-refractivity contribution is 0.0785. The van der Waals surface area contributed by atoms with Crippen LogP contribution < -0.4 is 5.73 Å². The van der Waals surface area contributed by atoms with Crippen LogP contribution in [0.15, 0.2) is 0 Å². The third-order valence-electron chi connectivity index (χ3n) is 3.01. The van der Waals surface area contributed by atoms with Crippen molar-refractivity contribution in [3.05, 3.63) is 0 Å². The van der Waals surface area contributed by atoms with Crippen molar-refractivity contribution in [3.63, 3.8) is 0 Å². The highest BCUT2D eigenvalue weighted by Crippen LogP contribution is 2.11. The molecule has 1 rings (SSSR count). The van der Waals surface area contributed by atoms with Gasteiger partial charge in [0.25, 0.3) is 0 Å². The van der Waals surface area contributed by atoms with Gasteiger partial charge < -0.3 is 5.73 Å². The van der Waals surface area contributed by atoms with E-state index in [1.807, 2.05) is 0 Å². The van der Waals surface area contributed by atoms with E-state index >= 15 is 0 Å². The van der Waals surface area contributed by atoms with E-state index in [-0.39, 0.29) is 0 Å². The van der Waals surface area contributed by atoms with Gasteiger partial charge >= 0.3 is 0 Å². The maximum Gasteiger partial charge on any atom is 0.0220 e. The molecule has 1 fully saturated rings. The summed E-state index contributed by atoms with van der Waals surface area (Å²) in [4.78, 5) is 5.06. The van der Waals surface area contributed by atoms with Crippen LogP contribution in [0.2, 0.25) is 0 Å². The topological polar surface area (TPSA) is 32.5 Å². The van der Waals surface area contributed by atoms with Gasteiger partial charge in [0.05, 0.1) is 0 Å². The first-order valence-electron chi connectivity index (χ1n) is 5.48. The summed E-state index contributed by atoms with van der Waals surface area (Å²) in [5.74, 6) is 0. The van der Waals surface area contributed by atoms with Gasteiger partial charge in [0.15, 0.2) is 0 Å². The lowest BCUT2D eigenvalue weighted by Gasteiger charge is -2.40. The lowest BCUT2D eigenvalue weighted by Crippen LogP contribution is -2.53. The molecule has 1 unspecified atom stereocenters. The molecule has 0 amide bonds. The number of nitrogens with zero attached hydrogens (tertiary/aromatic N) is 2. The van der Waals surface area contributed by atoms with Gasteiger partial charge in [-0.2, -0.15) is 0 Å². The van der Waals surface area contributed by atoms with Gasteiger partial charge in [0, 0.05) is 38.8 Å². The van der Waals surface area contributed by atoms with E-state index in [0.717, 1.165) is 19.1 Å². The summed E-state index contributed by atoms with van der Waals surface area (Å²) in [6, 6.07) is 0.755. The Morgan fingerprint density at radius 2 is 2.08 bits per heavy atom. The number of likely N-dealkylation sites (N-methyl/N-ethyl adjacent to an activating group) is 1. The van der Waals surface area contributed by atoms with Gasteiger partial charge in [-0.05, 0) is 13.0 Å². The number of piperazine rings is 1. The van der Waals surface area contributed by atoms with E-state index in [1.54, 1.807) is 0 Å². The highest BCUT2D eigenvalue weighted by Gasteiger charge is 2.23. The van der Waals surface area contributed by atoms with E-state index in [9.17, 15) is 0 Å². The molecular weight excluding hydrogens is 162 g/mol. The molecule has 1 aliphatic rings. The van der Waals surface area contributed by atoms with E-state index in [1.165, 1.54) is 32.6 Å². The van der Waals surface area contributed by atoms with Crippen molar-refractivity contribution in [1.82, 2.24) is 9.80 Å². The summed E-state index contributed by atoms with van der Waals surface area (Å²) in [5, 5.41) is 0. The van der Waals surface area contributed by atoms with Gasteiger partial charge in [0.1, 0.15) is 0 Å². The Kier molecular flexibility index (Phi) is 4.70. The van der Waals surface area contributed by atoms with Gasteiger partial charge in [0.2, 0.25) is 0 Å². The fraction of sp³-hybridized carbons (Fsp3) is 1.00. The van der Waals surface area contributed by atoms with Gasteiger partial charge in [-0.25, -0.2) is 0 Å². The Morgan fingerprint density at radius 1 is 1.31 bits per heavy atom. The molecule has 1 aliphatic heterocycles. The van der Waals surface area contributed by atoms with Crippen molar-refractivity contribution in [1.29, 1.82) is 0 Å². The molecule has 0 spiro atoms. The highest BCUT2D eigenvalue weighted by molar-refractivity contribution is 4.80. The van der Waals surface area contributed by atoms with Crippen LogP contribution in [0.3, 0.4) is 0 Å². The summed E-state index contributed by atoms with van der Waals surface area (Å²) in [6.07, 6.45) is 1.26. The molecule has 1 saturated heterocycles. The first kappa shape index (κ1) is 11.0. The second-order valence-electron chi connectivity index (χ2n) is 3.78. The van der Waals surface area contributed by atoms with Gasteiger partial charge in [-0.15, -0.1) is 0 Å². The minimum atomic E-state index is 0.755. The van der Waals surface area contributed by atoms with E-state index in [0.29, 0.717) is 0 Å². The maximum atomic E-state index is 5.56. The van der Waals surface area contributed by atoms with Crippen molar-refractivity contribution in [2.75, 3.05) is 39.3 Å². The van der Waals surface area contributed by atoms with Crippen LogP contribution in [0.5, 0.6) is 0 Å². The van der Waals surface area contributed by atoms with Crippen LogP contribution in [0.4, 0.5) is 0 Å². The second-order valence-corrected chi connectivity index (χ2v) is 3.78. The second kappa shape index (κ2) is 5.58. The Bertz CT molecular complexity index is 138. The summed E-state index contributed by atoms with van der Waals surface area (Å²) in [5.41, 5.74) is 5.56. The molecule has 0 aliphatic carbocycles. The first-order chi connectivity index (χ1) is 6.31. The predicted molar refractivity (Wildman–Crippen MR) is 56.8 cm³/mol. The standard InChI is InChI=1S/C10H23N3/c1-3-10-9-12(6-5-11)7-8-13(10)4-2/h10H,3-9,11H2,1-2H3. The zero-order valence-corrected chi connectivity index (χ0v) is 9.00. The smallest absolute Gasteiger partial charge is 0.0220 e. The number of nitrogens with two attached hydrogens (primary N) is 1. The molecular formula is C10H23N3. The van der Waals surface area contributed by atoms with Gasteiger partial charge in [-0.1, -0.05) is 13.8 Å². The molecule has 13 heavy (non-hydrogen) atoms. The van der Waals surface area contributed by atoms with Gasteiger partial charge in [-0.3, -0.25) is 9.80 Å². The molecule has 0 aromatic rings. The van der Waals surface area contributed by atoms with Crippen molar-refractivity contribution < 1.29 is 0 Å². The number of hydrogen-bond donors (Lipinski definition) is 1. The maximum absolute atomic E-state index is 5.56. The average Bonchev–Trinajstić information content (AvgIpc) is 2.18. The Morgan fingerprint density at radius 3 is 2.62 bits per heavy atom. The highest BCUT2D eigenvalue weighted by atomic mass is 15.3. The van der Waals surface area contributed by atoms with Crippen LogP contribution in [-0.4, -0.2) is 55.1 Å². The van der Waals surface area contributed by atoms with E-state index in [2.05, 4.69) is 23.6 Å². The number of hydrogen-bond acceptors (Lipinski definition) is 3. The fourth-order valence-electron chi connectivity index (χ4n) is 2.15. The SMILES string of the molecule is CCC1CN(CCN)CCN1CC. The first-order valence-corrected chi connectivity index (χ1v) is 5.48. The molecule has 0 bridgehead atoms.